The lowest BCUT2D eigenvalue weighted by Gasteiger charge is -2.21. The summed E-state index contributed by atoms with van der Waals surface area (Å²) in [5.41, 5.74) is 3.09. The predicted octanol–water partition coefficient (Wildman–Crippen LogP) is 5.77. The quantitative estimate of drug-likeness (QED) is 0.283. The number of carbonyl (C=O) groups is 2. The average Bonchev–Trinajstić information content (AvgIpc) is 3.29. The Morgan fingerprint density at radius 1 is 1.11 bits per heavy atom. The number of amides is 2. The van der Waals surface area contributed by atoms with Gasteiger partial charge < -0.3 is 9.64 Å². The molecule has 0 unspecified atom stereocenters. The van der Waals surface area contributed by atoms with E-state index in [0.717, 1.165) is 33.8 Å². The van der Waals surface area contributed by atoms with Crippen LogP contribution in [0.25, 0.3) is 11.1 Å². The average molecular weight is 558 g/mol. The number of benzene rings is 1. The third-order valence-corrected chi connectivity index (χ3v) is 8.73. The molecule has 0 bridgehead atoms. The Bertz CT molecular complexity index is 1320. The van der Waals surface area contributed by atoms with Crippen LogP contribution < -0.4 is 4.72 Å². The van der Waals surface area contributed by atoms with Crippen molar-refractivity contribution in [2.45, 2.75) is 64.3 Å². The number of aromatic nitrogens is 1. The maximum absolute atomic E-state index is 13.2. The molecular weight excluding hydrogens is 522 g/mol. The summed E-state index contributed by atoms with van der Waals surface area (Å²) in [6.07, 6.45) is 4.66. The van der Waals surface area contributed by atoms with Crippen LogP contribution in [-0.4, -0.2) is 36.9 Å². The zero-order valence-corrected chi connectivity index (χ0v) is 23.9. The van der Waals surface area contributed by atoms with Crippen LogP contribution in [0.2, 0.25) is 0 Å². The van der Waals surface area contributed by atoms with Gasteiger partial charge in [-0.25, -0.2) is 17.9 Å². The van der Waals surface area contributed by atoms with Crippen LogP contribution in [0.1, 0.15) is 56.5 Å². The van der Waals surface area contributed by atoms with E-state index in [1.54, 1.807) is 17.3 Å². The summed E-state index contributed by atoms with van der Waals surface area (Å²) >= 11 is 1.16. The number of unbranched alkanes of at least 4 members (excludes halogenated alkanes) is 1. The van der Waals surface area contributed by atoms with E-state index in [9.17, 15) is 18.0 Å². The molecule has 0 fully saturated rings. The highest BCUT2D eigenvalue weighted by Gasteiger charge is 2.26. The fourth-order valence-electron chi connectivity index (χ4n) is 3.82. The molecule has 8 nitrogen and oxygen atoms in total. The van der Waals surface area contributed by atoms with Gasteiger partial charge in [-0.3, -0.25) is 9.78 Å². The molecular formula is C28H35N3O5S2. The highest BCUT2D eigenvalue weighted by Crippen LogP contribution is 2.36. The zero-order valence-electron chi connectivity index (χ0n) is 22.3. The number of ether oxygens (including phenoxy) is 1. The van der Waals surface area contributed by atoms with Gasteiger partial charge in [0.15, 0.2) is 0 Å². The minimum absolute atomic E-state index is 0.0561. The van der Waals surface area contributed by atoms with Crippen molar-refractivity contribution < 1.29 is 22.7 Å². The van der Waals surface area contributed by atoms with Crippen molar-refractivity contribution in [2.24, 2.45) is 5.92 Å². The monoisotopic (exact) mass is 557 g/mol. The molecule has 38 heavy (non-hydrogen) atoms. The summed E-state index contributed by atoms with van der Waals surface area (Å²) in [5, 5.41) is 0. The SMILES string of the molecule is CCCCOC(=O)NS(=O)(=O)c1sc(CC(C)C)cc1-c1ccc(CN(Cc2cccnc2)C(C)=O)cc1. The highest BCUT2D eigenvalue weighted by atomic mass is 32.2. The van der Waals surface area contributed by atoms with Crippen LogP contribution in [0.15, 0.2) is 59.1 Å². The van der Waals surface area contributed by atoms with E-state index in [2.05, 4.69) is 23.6 Å². The van der Waals surface area contributed by atoms with E-state index < -0.39 is 16.1 Å². The molecule has 0 radical (unpaired) electrons. The van der Waals surface area contributed by atoms with Gasteiger partial charge in [-0.1, -0.05) is 57.5 Å². The largest absolute Gasteiger partial charge is 0.449 e. The van der Waals surface area contributed by atoms with Gasteiger partial charge in [0.25, 0.3) is 10.0 Å². The van der Waals surface area contributed by atoms with Crippen LogP contribution in [0.5, 0.6) is 0 Å². The first-order valence-corrected chi connectivity index (χ1v) is 14.9. The second-order valence-corrected chi connectivity index (χ2v) is 12.6. The Morgan fingerprint density at radius 2 is 1.82 bits per heavy atom. The third-order valence-electron chi connectivity index (χ3n) is 5.73. The number of nitrogens with zero attached hydrogens (tertiary/aromatic N) is 2. The maximum Gasteiger partial charge on any atom is 0.421 e. The topological polar surface area (TPSA) is 106 Å². The molecule has 1 aromatic carbocycles. The van der Waals surface area contributed by atoms with E-state index in [4.69, 9.17) is 4.74 Å². The number of carbonyl (C=O) groups excluding carboxylic acids is 2. The standard InChI is InChI=1S/C28H35N3O5S2/c1-5-6-14-36-28(33)30-38(34,35)27-26(16-25(37-27)15-20(2)3)24-11-9-22(10-12-24)18-31(21(4)32)19-23-8-7-13-29-17-23/h7-13,16-17,20H,5-6,14-15,18-19H2,1-4H3,(H,30,33). The molecule has 204 valence electrons. The van der Waals surface area contributed by atoms with Gasteiger partial charge in [-0.2, -0.15) is 0 Å². The summed E-state index contributed by atoms with van der Waals surface area (Å²) in [4.78, 5) is 31.1. The normalized spacial score (nSPS) is 11.4. The lowest BCUT2D eigenvalue weighted by Crippen LogP contribution is -2.31. The van der Waals surface area contributed by atoms with Crippen LogP contribution >= 0.6 is 11.3 Å². The molecule has 3 aromatic rings. The molecule has 0 saturated carbocycles. The summed E-state index contributed by atoms with van der Waals surface area (Å²) in [5.74, 6) is 0.281. The first-order valence-electron chi connectivity index (χ1n) is 12.6. The number of sulfonamides is 1. The van der Waals surface area contributed by atoms with E-state index in [0.29, 0.717) is 43.0 Å². The Hall–Kier alpha value is -3.24. The Balaban J connectivity index is 1.84. The van der Waals surface area contributed by atoms with Crippen LogP contribution in [0, 0.1) is 5.92 Å². The van der Waals surface area contributed by atoms with Crippen molar-refractivity contribution in [3.63, 3.8) is 0 Å². The lowest BCUT2D eigenvalue weighted by molar-refractivity contribution is -0.130. The summed E-state index contributed by atoms with van der Waals surface area (Å²) in [6, 6.07) is 13.1. The molecule has 1 N–H and O–H groups in total. The van der Waals surface area contributed by atoms with Gasteiger partial charge in [0, 0.05) is 42.8 Å². The number of hydrogen-bond donors (Lipinski definition) is 1. The number of hydrogen-bond acceptors (Lipinski definition) is 7. The number of pyridine rings is 1. The first-order chi connectivity index (χ1) is 18.1. The molecule has 0 aliphatic heterocycles. The van der Waals surface area contributed by atoms with Crippen molar-refractivity contribution in [1.82, 2.24) is 14.6 Å². The van der Waals surface area contributed by atoms with Crippen molar-refractivity contribution in [3.8, 4) is 11.1 Å². The van der Waals surface area contributed by atoms with Crippen molar-refractivity contribution in [2.75, 3.05) is 6.61 Å². The van der Waals surface area contributed by atoms with Gasteiger partial charge in [0.05, 0.1) is 6.61 Å². The van der Waals surface area contributed by atoms with E-state index >= 15 is 0 Å². The Labute approximate surface area is 229 Å². The fourth-order valence-corrected chi connectivity index (χ4v) is 6.66. The number of rotatable bonds is 12. The maximum atomic E-state index is 13.2. The molecule has 2 aromatic heterocycles. The Morgan fingerprint density at radius 3 is 2.42 bits per heavy atom. The summed E-state index contributed by atoms with van der Waals surface area (Å²) in [6.45, 7) is 8.63. The Kier molecular flexibility index (Phi) is 10.4. The van der Waals surface area contributed by atoms with E-state index in [1.165, 1.54) is 6.92 Å². The molecule has 0 aliphatic carbocycles. The molecule has 0 saturated heterocycles. The second-order valence-electron chi connectivity index (χ2n) is 9.54. The van der Waals surface area contributed by atoms with Gasteiger partial charge in [0.1, 0.15) is 4.21 Å². The molecule has 2 heterocycles. The first kappa shape index (κ1) is 29.3. The molecule has 0 spiro atoms. The molecule has 2 amide bonds. The zero-order chi connectivity index (χ0) is 27.7. The van der Waals surface area contributed by atoms with E-state index in [-0.39, 0.29) is 16.7 Å². The van der Waals surface area contributed by atoms with Crippen LogP contribution in [0.3, 0.4) is 0 Å². The van der Waals surface area contributed by atoms with Gasteiger partial charge in [-0.15, -0.1) is 11.3 Å². The molecule has 3 rings (SSSR count). The molecule has 0 atom stereocenters. The van der Waals surface area contributed by atoms with Crippen molar-refractivity contribution in [3.05, 3.63) is 70.9 Å². The summed E-state index contributed by atoms with van der Waals surface area (Å²) in [7, 11) is -4.13. The lowest BCUT2D eigenvalue weighted by atomic mass is 10.0. The van der Waals surface area contributed by atoms with Crippen LogP contribution in [-0.2, 0) is 39.1 Å². The predicted molar refractivity (Wildman–Crippen MR) is 149 cm³/mol. The van der Waals surface area contributed by atoms with Gasteiger partial charge in [-0.05, 0) is 47.6 Å². The van der Waals surface area contributed by atoms with E-state index in [1.807, 2.05) is 49.4 Å². The summed E-state index contributed by atoms with van der Waals surface area (Å²) < 4.78 is 33.5. The third kappa shape index (κ3) is 8.39. The highest BCUT2D eigenvalue weighted by molar-refractivity contribution is 7.92. The molecule has 10 heteroatoms. The van der Waals surface area contributed by atoms with Crippen LogP contribution in [0.4, 0.5) is 4.79 Å². The minimum Gasteiger partial charge on any atom is -0.449 e. The second kappa shape index (κ2) is 13.5. The smallest absolute Gasteiger partial charge is 0.421 e. The van der Waals surface area contributed by atoms with Crippen molar-refractivity contribution in [1.29, 1.82) is 0 Å². The van der Waals surface area contributed by atoms with Gasteiger partial charge >= 0.3 is 6.09 Å². The van der Waals surface area contributed by atoms with Gasteiger partial charge in [0.2, 0.25) is 5.91 Å². The molecule has 0 aliphatic rings. The number of thiophene rings is 1. The number of nitrogens with one attached hydrogen (secondary N) is 1. The fraction of sp³-hybridized carbons (Fsp3) is 0.393. The van der Waals surface area contributed by atoms with Crippen molar-refractivity contribution >= 4 is 33.4 Å². The minimum atomic E-state index is -4.13.